The molecule has 42 heavy (non-hydrogen) atoms. The lowest BCUT2D eigenvalue weighted by Crippen LogP contribution is -2.48. The molecule has 2 aromatic carbocycles. The van der Waals surface area contributed by atoms with Gasteiger partial charge in [0.15, 0.2) is 0 Å². The molecule has 1 saturated heterocycles. The standard InChI is InChI=1S/C30H37F3N4O5/c1-3-42-25-18-37(23-11-13-29(41,14-12-23)21-9-7-19(8-10-21)27(39)34-2)17-24(25)36-26(38)16-35-28(40)20-5-4-6-22(15-20)30(31,32)33/h4-10,15,23-25,41H,3,11-14,16-18H2,1-2H3,(H,34,39)(H,35,40)(H,36,38)/t23?,24-,25?,29?/m0/s1. The Labute approximate surface area is 242 Å². The number of likely N-dealkylation sites (tertiary alicyclic amines) is 1. The first-order chi connectivity index (χ1) is 19.9. The van der Waals surface area contributed by atoms with Crippen molar-refractivity contribution in [3.8, 4) is 0 Å². The molecule has 2 fully saturated rings. The fraction of sp³-hybridized carbons (Fsp3) is 0.500. The Kier molecular flexibility index (Phi) is 9.90. The number of benzene rings is 2. The Hall–Kier alpha value is -3.48. The Morgan fingerprint density at radius 1 is 1.02 bits per heavy atom. The summed E-state index contributed by atoms with van der Waals surface area (Å²) in [5.41, 5.74) is -0.801. The van der Waals surface area contributed by atoms with E-state index >= 15 is 0 Å². The number of hydrogen-bond acceptors (Lipinski definition) is 6. The molecule has 1 aliphatic carbocycles. The lowest BCUT2D eigenvalue weighted by Gasteiger charge is -2.40. The summed E-state index contributed by atoms with van der Waals surface area (Å²) in [7, 11) is 1.57. The van der Waals surface area contributed by atoms with Crippen molar-refractivity contribution in [2.45, 2.75) is 62.6 Å². The minimum atomic E-state index is -4.58. The minimum Gasteiger partial charge on any atom is -0.385 e. The second-order valence-electron chi connectivity index (χ2n) is 10.8. The van der Waals surface area contributed by atoms with Gasteiger partial charge >= 0.3 is 6.18 Å². The van der Waals surface area contributed by atoms with Crippen LogP contribution in [0.4, 0.5) is 13.2 Å². The third kappa shape index (κ3) is 7.47. The lowest BCUT2D eigenvalue weighted by molar-refractivity contribution is -0.137. The van der Waals surface area contributed by atoms with Gasteiger partial charge in [0.05, 0.1) is 29.9 Å². The molecule has 1 aliphatic heterocycles. The van der Waals surface area contributed by atoms with Crippen LogP contribution in [0, 0.1) is 0 Å². The van der Waals surface area contributed by atoms with Crippen LogP contribution in [0.5, 0.6) is 0 Å². The van der Waals surface area contributed by atoms with Crippen LogP contribution < -0.4 is 16.0 Å². The molecular formula is C30H37F3N4O5. The van der Waals surface area contributed by atoms with Gasteiger partial charge in [0, 0.05) is 43.9 Å². The van der Waals surface area contributed by atoms with Crippen molar-refractivity contribution in [1.82, 2.24) is 20.9 Å². The van der Waals surface area contributed by atoms with E-state index in [1.54, 1.807) is 31.3 Å². The molecule has 0 spiro atoms. The molecule has 4 N–H and O–H groups in total. The molecule has 0 aromatic heterocycles. The molecule has 228 valence electrons. The van der Waals surface area contributed by atoms with Gasteiger partial charge in [-0.15, -0.1) is 0 Å². The number of carbonyl (C=O) groups excluding carboxylic acids is 3. The van der Waals surface area contributed by atoms with Gasteiger partial charge in [-0.1, -0.05) is 18.2 Å². The van der Waals surface area contributed by atoms with Gasteiger partial charge in [0.2, 0.25) is 5.91 Å². The largest absolute Gasteiger partial charge is 0.416 e. The zero-order valence-corrected chi connectivity index (χ0v) is 23.7. The molecule has 1 unspecified atom stereocenters. The lowest BCUT2D eigenvalue weighted by atomic mass is 9.77. The predicted octanol–water partition coefficient (Wildman–Crippen LogP) is 2.83. The van der Waals surface area contributed by atoms with E-state index in [4.69, 9.17) is 4.74 Å². The molecule has 12 heteroatoms. The van der Waals surface area contributed by atoms with Gasteiger partial charge in [-0.05, 0) is 68.5 Å². The van der Waals surface area contributed by atoms with Crippen molar-refractivity contribution in [2.24, 2.45) is 0 Å². The van der Waals surface area contributed by atoms with E-state index < -0.39 is 29.2 Å². The summed E-state index contributed by atoms with van der Waals surface area (Å²) in [5, 5.41) is 19.2. The van der Waals surface area contributed by atoms with Crippen molar-refractivity contribution in [3.63, 3.8) is 0 Å². The molecule has 0 radical (unpaired) electrons. The van der Waals surface area contributed by atoms with Gasteiger partial charge in [0.25, 0.3) is 11.8 Å². The summed E-state index contributed by atoms with van der Waals surface area (Å²) in [4.78, 5) is 39.1. The number of nitrogens with zero attached hydrogens (tertiary/aromatic N) is 1. The molecule has 3 amide bonds. The monoisotopic (exact) mass is 590 g/mol. The summed E-state index contributed by atoms with van der Waals surface area (Å²) in [5.74, 6) is -1.43. The normalized spacial score (nSPS) is 24.7. The number of halogens is 3. The zero-order valence-electron chi connectivity index (χ0n) is 23.7. The molecule has 2 atom stereocenters. The Morgan fingerprint density at radius 2 is 1.71 bits per heavy atom. The number of nitrogens with one attached hydrogen (secondary N) is 3. The molecule has 2 aliphatic rings. The van der Waals surface area contributed by atoms with Crippen molar-refractivity contribution >= 4 is 17.7 Å². The molecule has 1 saturated carbocycles. The number of ether oxygens (including phenoxy) is 1. The van der Waals surface area contributed by atoms with E-state index in [2.05, 4.69) is 20.9 Å². The SMILES string of the molecule is CCOC1CN(C2CCC(O)(c3ccc(C(=O)NC)cc3)CC2)C[C@@H]1NC(=O)CNC(=O)c1cccc(C(F)(F)F)c1. The second kappa shape index (κ2) is 13.2. The molecule has 2 aromatic rings. The highest BCUT2D eigenvalue weighted by atomic mass is 19.4. The van der Waals surface area contributed by atoms with Gasteiger partial charge in [-0.2, -0.15) is 13.2 Å². The smallest absolute Gasteiger partial charge is 0.385 e. The third-order valence-electron chi connectivity index (χ3n) is 8.09. The highest BCUT2D eigenvalue weighted by molar-refractivity contribution is 5.96. The number of hydrogen-bond donors (Lipinski definition) is 4. The van der Waals surface area contributed by atoms with Gasteiger partial charge in [0.1, 0.15) is 0 Å². The van der Waals surface area contributed by atoms with E-state index in [0.29, 0.717) is 38.1 Å². The topological polar surface area (TPSA) is 120 Å². The number of aliphatic hydroxyl groups is 1. The first-order valence-electron chi connectivity index (χ1n) is 14.1. The maximum Gasteiger partial charge on any atom is 0.416 e. The summed E-state index contributed by atoms with van der Waals surface area (Å²) in [6.45, 7) is 3.06. The summed E-state index contributed by atoms with van der Waals surface area (Å²) < 4.78 is 44.8. The molecule has 1 heterocycles. The average molecular weight is 591 g/mol. The summed E-state index contributed by atoms with van der Waals surface area (Å²) in [6.07, 6.45) is -2.28. The maximum absolute atomic E-state index is 13.0. The van der Waals surface area contributed by atoms with Crippen LogP contribution in [0.25, 0.3) is 0 Å². The Bertz CT molecular complexity index is 1260. The number of alkyl halides is 3. The molecule has 0 bridgehead atoms. The van der Waals surface area contributed by atoms with Crippen molar-refractivity contribution < 1.29 is 37.4 Å². The minimum absolute atomic E-state index is 0.181. The van der Waals surface area contributed by atoms with Crippen LogP contribution in [0.1, 0.15) is 64.4 Å². The van der Waals surface area contributed by atoms with Gasteiger partial charge in [-0.3, -0.25) is 19.3 Å². The zero-order chi connectivity index (χ0) is 30.5. The molecular weight excluding hydrogens is 553 g/mol. The highest BCUT2D eigenvalue weighted by Crippen LogP contribution is 2.39. The van der Waals surface area contributed by atoms with Crippen LogP contribution in [-0.2, 0) is 21.3 Å². The van der Waals surface area contributed by atoms with Crippen molar-refractivity contribution in [2.75, 3.05) is 33.3 Å². The van der Waals surface area contributed by atoms with Crippen LogP contribution >= 0.6 is 0 Å². The third-order valence-corrected chi connectivity index (χ3v) is 8.09. The van der Waals surface area contributed by atoms with Crippen LogP contribution in [0.3, 0.4) is 0 Å². The summed E-state index contributed by atoms with van der Waals surface area (Å²) in [6, 6.07) is 10.9. The second-order valence-corrected chi connectivity index (χ2v) is 10.8. The van der Waals surface area contributed by atoms with Crippen LogP contribution in [0.2, 0.25) is 0 Å². The Balaban J connectivity index is 1.30. The maximum atomic E-state index is 13.0. The highest BCUT2D eigenvalue weighted by Gasteiger charge is 2.42. The van der Waals surface area contributed by atoms with Crippen molar-refractivity contribution in [1.29, 1.82) is 0 Å². The van der Waals surface area contributed by atoms with Crippen molar-refractivity contribution in [3.05, 3.63) is 70.8 Å². The Morgan fingerprint density at radius 3 is 2.33 bits per heavy atom. The number of rotatable bonds is 9. The van der Waals surface area contributed by atoms with Gasteiger partial charge < -0.3 is 25.8 Å². The van der Waals surface area contributed by atoms with Crippen LogP contribution in [0.15, 0.2) is 48.5 Å². The van der Waals surface area contributed by atoms with E-state index in [1.165, 1.54) is 6.07 Å². The summed E-state index contributed by atoms with van der Waals surface area (Å²) >= 11 is 0. The predicted molar refractivity (Wildman–Crippen MR) is 149 cm³/mol. The fourth-order valence-electron chi connectivity index (χ4n) is 5.79. The number of carbonyl (C=O) groups is 3. The number of amides is 3. The van der Waals surface area contributed by atoms with E-state index in [-0.39, 0.29) is 36.2 Å². The average Bonchev–Trinajstić information content (AvgIpc) is 3.37. The van der Waals surface area contributed by atoms with E-state index in [1.807, 2.05) is 6.92 Å². The first kappa shape index (κ1) is 31.5. The van der Waals surface area contributed by atoms with E-state index in [9.17, 15) is 32.7 Å². The molecule has 4 rings (SSSR count). The van der Waals surface area contributed by atoms with E-state index in [0.717, 1.165) is 36.6 Å². The quantitative estimate of drug-likeness (QED) is 0.357. The first-order valence-corrected chi connectivity index (χ1v) is 14.1. The van der Waals surface area contributed by atoms with Crippen LogP contribution in [-0.4, -0.2) is 79.2 Å². The fourth-order valence-corrected chi connectivity index (χ4v) is 5.79. The van der Waals surface area contributed by atoms with Gasteiger partial charge in [-0.25, -0.2) is 0 Å². The molecule has 9 nitrogen and oxygen atoms in total.